The van der Waals surface area contributed by atoms with Gasteiger partial charge >= 0.3 is 0 Å². The van der Waals surface area contributed by atoms with Gasteiger partial charge in [-0.3, -0.25) is 4.79 Å². The zero-order valence-corrected chi connectivity index (χ0v) is 12.5. The van der Waals surface area contributed by atoms with Gasteiger partial charge in [0.2, 0.25) is 0 Å². The molecule has 0 aliphatic rings. The molecule has 1 amide bonds. The van der Waals surface area contributed by atoms with Crippen LogP contribution in [0.1, 0.15) is 10.4 Å². The molecule has 0 atom stereocenters. The summed E-state index contributed by atoms with van der Waals surface area (Å²) >= 11 is 3.27. The van der Waals surface area contributed by atoms with Crippen LogP contribution in [0.3, 0.4) is 0 Å². The highest BCUT2D eigenvalue weighted by Gasteiger charge is 2.16. The quantitative estimate of drug-likeness (QED) is 0.810. The summed E-state index contributed by atoms with van der Waals surface area (Å²) in [5.74, 6) is -1.90. The van der Waals surface area contributed by atoms with Crippen molar-refractivity contribution in [1.82, 2.24) is 10.3 Å². The van der Waals surface area contributed by atoms with Crippen LogP contribution in [0, 0.1) is 11.6 Å². The number of amides is 1. The summed E-state index contributed by atoms with van der Waals surface area (Å²) in [5.41, 5.74) is -0.570. The number of hydrogen-bond acceptors (Lipinski definition) is 3. The lowest BCUT2D eigenvalue weighted by Gasteiger charge is -2.08. The Kier molecular flexibility index (Phi) is 5.21. The molecule has 0 radical (unpaired) electrons. The van der Waals surface area contributed by atoms with E-state index in [9.17, 15) is 13.6 Å². The number of anilines is 1. The Labute approximate surface area is 128 Å². The van der Waals surface area contributed by atoms with Crippen molar-refractivity contribution in [2.24, 2.45) is 0 Å². The van der Waals surface area contributed by atoms with Crippen molar-refractivity contribution in [1.29, 1.82) is 0 Å². The lowest BCUT2D eigenvalue weighted by atomic mass is 10.2. The Bertz CT molecular complexity index is 614. The molecule has 0 unspecified atom stereocenters. The van der Waals surface area contributed by atoms with Gasteiger partial charge in [-0.1, -0.05) is 6.07 Å². The molecule has 0 aliphatic carbocycles. The van der Waals surface area contributed by atoms with Crippen LogP contribution in [0.15, 0.2) is 41.0 Å². The first-order chi connectivity index (χ1) is 10.1. The minimum absolute atomic E-state index is 0.213. The Morgan fingerprint density at radius 1 is 1.14 bits per heavy atom. The Morgan fingerprint density at radius 2 is 1.86 bits per heavy atom. The number of hydrogen-bond donors (Lipinski definition) is 2. The zero-order valence-electron chi connectivity index (χ0n) is 10.9. The molecule has 1 aromatic carbocycles. The van der Waals surface area contributed by atoms with Crippen LogP contribution in [-0.2, 0) is 0 Å². The average Bonchev–Trinajstić information content (AvgIpc) is 2.45. The van der Waals surface area contributed by atoms with E-state index in [1.807, 2.05) is 6.07 Å². The van der Waals surface area contributed by atoms with Gasteiger partial charge in [-0.05, 0) is 40.2 Å². The van der Waals surface area contributed by atoms with Crippen molar-refractivity contribution in [2.45, 2.75) is 0 Å². The number of benzene rings is 1. The molecule has 2 aromatic rings. The molecule has 0 fully saturated rings. The van der Waals surface area contributed by atoms with Crippen molar-refractivity contribution >= 4 is 27.7 Å². The van der Waals surface area contributed by atoms with E-state index in [1.165, 1.54) is 6.07 Å². The van der Waals surface area contributed by atoms with Gasteiger partial charge in [0.15, 0.2) is 0 Å². The van der Waals surface area contributed by atoms with Gasteiger partial charge in [0.05, 0.1) is 0 Å². The second-order valence-corrected chi connectivity index (χ2v) is 5.06. The fourth-order valence-electron chi connectivity index (χ4n) is 1.65. The van der Waals surface area contributed by atoms with Crippen LogP contribution in [0.5, 0.6) is 0 Å². The van der Waals surface area contributed by atoms with Crippen LogP contribution >= 0.6 is 15.9 Å². The molecule has 0 saturated heterocycles. The maximum absolute atomic E-state index is 13.4. The molecule has 1 aromatic heterocycles. The summed E-state index contributed by atoms with van der Waals surface area (Å²) in [5, 5.41) is 5.42. The topological polar surface area (TPSA) is 54.0 Å². The van der Waals surface area contributed by atoms with Crippen molar-refractivity contribution in [3.8, 4) is 0 Å². The third kappa shape index (κ3) is 4.22. The van der Waals surface area contributed by atoms with E-state index in [0.29, 0.717) is 12.4 Å². The molecular weight excluding hydrogens is 344 g/mol. The van der Waals surface area contributed by atoms with Gasteiger partial charge in [-0.15, -0.1) is 0 Å². The molecule has 0 bridgehead atoms. The number of nitrogens with one attached hydrogen (secondary N) is 2. The number of aromatic nitrogens is 1. The maximum atomic E-state index is 13.4. The smallest absolute Gasteiger partial charge is 0.257 e. The van der Waals surface area contributed by atoms with Gasteiger partial charge in [0.1, 0.15) is 23.0 Å². The second kappa shape index (κ2) is 7.12. The van der Waals surface area contributed by atoms with Gasteiger partial charge in [-0.25, -0.2) is 13.8 Å². The number of carbonyl (C=O) groups excluding carboxylic acids is 1. The van der Waals surface area contributed by atoms with Gasteiger partial charge in [-0.2, -0.15) is 0 Å². The Hall–Kier alpha value is -2.02. The number of halogens is 3. The number of carbonyl (C=O) groups is 1. The van der Waals surface area contributed by atoms with Crippen LogP contribution in [0.4, 0.5) is 14.6 Å². The Morgan fingerprint density at radius 3 is 2.48 bits per heavy atom. The summed E-state index contributed by atoms with van der Waals surface area (Å²) in [6, 6.07) is 6.89. The predicted molar refractivity (Wildman–Crippen MR) is 79.1 cm³/mol. The largest absolute Gasteiger partial charge is 0.368 e. The number of nitrogens with zero attached hydrogens (tertiary/aromatic N) is 1. The SMILES string of the molecule is O=C(NCCNc1ccc(Br)cn1)c1c(F)cccc1F. The molecule has 110 valence electrons. The summed E-state index contributed by atoms with van der Waals surface area (Å²) in [4.78, 5) is 15.8. The van der Waals surface area contributed by atoms with E-state index in [-0.39, 0.29) is 6.54 Å². The van der Waals surface area contributed by atoms with Gasteiger partial charge in [0.25, 0.3) is 5.91 Å². The summed E-state index contributed by atoms with van der Waals surface area (Å²) in [6.45, 7) is 0.598. The number of pyridine rings is 1. The van der Waals surface area contributed by atoms with E-state index >= 15 is 0 Å². The third-order valence-corrected chi connectivity index (χ3v) is 3.10. The van der Waals surface area contributed by atoms with Crippen LogP contribution in [0.2, 0.25) is 0 Å². The third-order valence-electron chi connectivity index (χ3n) is 2.63. The van der Waals surface area contributed by atoms with E-state index in [2.05, 4.69) is 31.5 Å². The van der Waals surface area contributed by atoms with Crippen LogP contribution in [0.25, 0.3) is 0 Å². The molecular formula is C14H12BrF2N3O. The van der Waals surface area contributed by atoms with Crippen molar-refractivity contribution in [3.63, 3.8) is 0 Å². The van der Waals surface area contributed by atoms with Gasteiger partial charge in [0, 0.05) is 23.8 Å². The standard InChI is InChI=1S/C14H12BrF2N3O/c15-9-4-5-12(20-8-9)18-6-7-19-14(21)13-10(16)2-1-3-11(13)17/h1-5,8H,6-7H2,(H,18,20)(H,19,21). The van der Waals surface area contributed by atoms with Crippen LogP contribution in [-0.4, -0.2) is 24.0 Å². The first-order valence-corrected chi connectivity index (χ1v) is 6.95. The molecule has 0 saturated carbocycles. The first-order valence-electron chi connectivity index (χ1n) is 6.15. The van der Waals surface area contributed by atoms with Crippen molar-refractivity contribution in [2.75, 3.05) is 18.4 Å². The molecule has 4 nitrogen and oxygen atoms in total. The lowest BCUT2D eigenvalue weighted by Crippen LogP contribution is -2.30. The maximum Gasteiger partial charge on any atom is 0.257 e. The highest BCUT2D eigenvalue weighted by Crippen LogP contribution is 2.12. The average molecular weight is 356 g/mol. The normalized spacial score (nSPS) is 10.2. The van der Waals surface area contributed by atoms with E-state index < -0.39 is 23.1 Å². The molecule has 0 aliphatic heterocycles. The fraction of sp³-hybridized carbons (Fsp3) is 0.143. The molecule has 1 heterocycles. The van der Waals surface area contributed by atoms with Gasteiger partial charge < -0.3 is 10.6 Å². The molecule has 2 rings (SSSR count). The zero-order chi connectivity index (χ0) is 15.2. The predicted octanol–water partition coefficient (Wildman–Crippen LogP) is 2.96. The molecule has 7 heteroatoms. The van der Waals surface area contributed by atoms with E-state index in [0.717, 1.165) is 16.6 Å². The minimum atomic E-state index is -0.880. The Balaban J connectivity index is 1.83. The summed E-state index contributed by atoms with van der Waals surface area (Å²) in [7, 11) is 0. The summed E-state index contributed by atoms with van der Waals surface area (Å²) in [6.07, 6.45) is 1.63. The minimum Gasteiger partial charge on any atom is -0.368 e. The lowest BCUT2D eigenvalue weighted by molar-refractivity contribution is 0.0946. The first kappa shape index (κ1) is 15.4. The summed E-state index contributed by atoms with van der Waals surface area (Å²) < 4.78 is 27.6. The van der Waals surface area contributed by atoms with E-state index in [1.54, 1.807) is 12.3 Å². The van der Waals surface area contributed by atoms with Crippen molar-refractivity contribution < 1.29 is 13.6 Å². The molecule has 21 heavy (non-hydrogen) atoms. The number of rotatable bonds is 5. The van der Waals surface area contributed by atoms with Crippen LogP contribution < -0.4 is 10.6 Å². The fourth-order valence-corrected chi connectivity index (χ4v) is 1.88. The highest BCUT2D eigenvalue weighted by molar-refractivity contribution is 9.10. The molecule has 2 N–H and O–H groups in total. The van der Waals surface area contributed by atoms with E-state index in [4.69, 9.17) is 0 Å². The van der Waals surface area contributed by atoms with Crippen molar-refractivity contribution in [3.05, 3.63) is 58.2 Å². The second-order valence-electron chi connectivity index (χ2n) is 4.14. The molecule has 0 spiro atoms. The monoisotopic (exact) mass is 355 g/mol. The highest BCUT2D eigenvalue weighted by atomic mass is 79.9.